The average molecular weight is 420 g/mol. The Balaban J connectivity index is 2.09. The highest BCUT2D eigenvalue weighted by atomic mass is 16.7. The molecular weight excluding hydrogens is 382 g/mol. The molecule has 0 radical (unpaired) electrons. The van der Waals surface area contributed by atoms with Crippen molar-refractivity contribution < 1.29 is 24.5 Å². The van der Waals surface area contributed by atoms with Gasteiger partial charge in [0.2, 0.25) is 0 Å². The normalized spacial score (nSPS) is 27.7. The van der Waals surface area contributed by atoms with Gasteiger partial charge in [-0.3, -0.25) is 4.79 Å². The number of hydrogen-bond acceptors (Lipinski definition) is 5. The Hall–Kier alpha value is -1.68. The topological polar surface area (TPSA) is 99.8 Å². The van der Waals surface area contributed by atoms with E-state index in [0.29, 0.717) is 45.3 Å². The summed E-state index contributed by atoms with van der Waals surface area (Å²) >= 11 is 0. The minimum atomic E-state index is -0.889. The molecule has 0 amide bonds. The number of nitriles is 1. The summed E-state index contributed by atoms with van der Waals surface area (Å²) in [6.07, 6.45) is 14.5. The van der Waals surface area contributed by atoms with E-state index >= 15 is 0 Å². The first-order valence-electron chi connectivity index (χ1n) is 11.3. The summed E-state index contributed by atoms with van der Waals surface area (Å²) in [5.41, 5.74) is -0.889. The van der Waals surface area contributed by atoms with E-state index < -0.39 is 17.4 Å². The number of aliphatic carboxylic acids is 1. The van der Waals surface area contributed by atoms with Gasteiger partial charge in [0, 0.05) is 24.7 Å². The highest BCUT2D eigenvalue weighted by Gasteiger charge is 2.56. The molecule has 0 aromatic heterocycles. The number of carboxylic acid groups (broad SMARTS) is 1. The van der Waals surface area contributed by atoms with Crippen molar-refractivity contribution in [3.8, 4) is 6.07 Å². The zero-order chi connectivity index (χ0) is 22.0. The van der Waals surface area contributed by atoms with Crippen LogP contribution in [0.15, 0.2) is 24.3 Å². The largest absolute Gasteiger partial charge is 0.481 e. The molecule has 1 heterocycles. The molecular formula is C24H37NO5. The molecule has 6 heteroatoms. The van der Waals surface area contributed by atoms with Gasteiger partial charge in [0.05, 0.1) is 30.8 Å². The SMILES string of the molecule is CCCCCC(C)(O)C=CC1C(C#N)CC2(OCCO2)C1CC=CCCCC(=O)O. The highest BCUT2D eigenvalue weighted by Crippen LogP contribution is 2.51. The molecule has 0 aromatic carbocycles. The van der Waals surface area contributed by atoms with Crippen molar-refractivity contribution >= 4 is 5.97 Å². The molecule has 4 atom stereocenters. The molecule has 30 heavy (non-hydrogen) atoms. The minimum absolute atomic E-state index is 0.0111. The smallest absolute Gasteiger partial charge is 0.303 e. The zero-order valence-electron chi connectivity index (χ0n) is 18.4. The molecule has 2 fully saturated rings. The second kappa shape index (κ2) is 11.6. The van der Waals surface area contributed by atoms with Crippen LogP contribution in [0.2, 0.25) is 0 Å². The Kier molecular flexibility index (Phi) is 9.54. The Labute approximate surface area is 180 Å². The Morgan fingerprint density at radius 1 is 1.27 bits per heavy atom. The van der Waals surface area contributed by atoms with Crippen LogP contribution in [0, 0.1) is 29.1 Å². The van der Waals surface area contributed by atoms with Gasteiger partial charge in [-0.2, -0.15) is 5.26 Å². The predicted molar refractivity (Wildman–Crippen MR) is 114 cm³/mol. The first kappa shape index (κ1) is 24.6. The fraction of sp³-hybridized carbons (Fsp3) is 0.750. The molecule has 6 nitrogen and oxygen atoms in total. The van der Waals surface area contributed by atoms with Crippen molar-refractivity contribution in [3.63, 3.8) is 0 Å². The second-order valence-corrected chi connectivity index (χ2v) is 8.80. The number of carbonyl (C=O) groups is 1. The first-order chi connectivity index (χ1) is 14.3. The molecule has 2 rings (SSSR count). The average Bonchev–Trinajstić information content (AvgIpc) is 3.28. The van der Waals surface area contributed by atoms with Crippen LogP contribution in [-0.2, 0) is 14.3 Å². The maximum Gasteiger partial charge on any atom is 0.303 e. The van der Waals surface area contributed by atoms with E-state index in [-0.39, 0.29) is 24.2 Å². The van der Waals surface area contributed by atoms with Gasteiger partial charge >= 0.3 is 5.97 Å². The Bertz CT molecular complexity index is 642. The van der Waals surface area contributed by atoms with Crippen molar-refractivity contribution in [2.45, 2.75) is 83.0 Å². The van der Waals surface area contributed by atoms with E-state index in [4.69, 9.17) is 14.6 Å². The monoisotopic (exact) mass is 419 g/mol. The molecule has 1 aliphatic carbocycles. The first-order valence-corrected chi connectivity index (χ1v) is 11.3. The van der Waals surface area contributed by atoms with Crippen LogP contribution in [0.25, 0.3) is 0 Å². The minimum Gasteiger partial charge on any atom is -0.481 e. The lowest BCUT2D eigenvalue weighted by Crippen LogP contribution is -2.36. The van der Waals surface area contributed by atoms with E-state index in [9.17, 15) is 15.2 Å². The molecule has 2 aliphatic rings. The van der Waals surface area contributed by atoms with Crippen LogP contribution in [0.4, 0.5) is 0 Å². The van der Waals surface area contributed by atoms with Gasteiger partial charge in [0.1, 0.15) is 0 Å². The third-order valence-electron chi connectivity index (χ3n) is 6.22. The quantitative estimate of drug-likeness (QED) is 0.354. The van der Waals surface area contributed by atoms with Crippen molar-refractivity contribution in [1.82, 2.24) is 0 Å². The van der Waals surface area contributed by atoms with E-state index in [2.05, 4.69) is 19.1 Å². The number of unbranched alkanes of at least 4 members (excludes halogenated alkanes) is 3. The van der Waals surface area contributed by atoms with Crippen molar-refractivity contribution in [2.24, 2.45) is 17.8 Å². The van der Waals surface area contributed by atoms with E-state index in [0.717, 1.165) is 19.3 Å². The Morgan fingerprint density at radius 3 is 2.63 bits per heavy atom. The number of hydrogen-bond donors (Lipinski definition) is 2. The number of allylic oxidation sites excluding steroid dienone is 3. The zero-order valence-corrected chi connectivity index (χ0v) is 18.4. The maximum absolute atomic E-state index is 10.7. The van der Waals surface area contributed by atoms with Gasteiger partial charge in [0.25, 0.3) is 0 Å². The second-order valence-electron chi connectivity index (χ2n) is 8.80. The number of ether oxygens (including phenoxy) is 2. The number of carboxylic acids is 1. The molecule has 4 unspecified atom stereocenters. The number of aliphatic hydroxyl groups is 1. The maximum atomic E-state index is 10.7. The summed E-state index contributed by atoms with van der Waals surface area (Å²) in [5, 5.41) is 29.2. The van der Waals surface area contributed by atoms with Crippen molar-refractivity contribution in [3.05, 3.63) is 24.3 Å². The van der Waals surface area contributed by atoms with Crippen LogP contribution >= 0.6 is 0 Å². The van der Waals surface area contributed by atoms with Gasteiger partial charge in [-0.25, -0.2) is 0 Å². The molecule has 0 aromatic rings. The standard InChI is InChI=1S/C24H37NO5/c1-3-4-9-13-23(2,28)14-12-20-19(18-25)17-24(29-15-16-30-24)21(20)10-7-5-6-8-11-22(26)27/h5,7,12,14,19-21,28H,3-4,6,8-11,13,15-17H2,1-2H3,(H,26,27). The fourth-order valence-electron chi connectivity index (χ4n) is 4.57. The summed E-state index contributed by atoms with van der Waals surface area (Å²) in [5.74, 6) is -1.82. The lowest BCUT2D eigenvalue weighted by Gasteiger charge is -2.31. The van der Waals surface area contributed by atoms with Crippen LogP contribution in [0.3, 0.4) is 0 Å². The van der Waals surface area contributed by atoms with Gasteiger partial charge in [-0.05, 0) is 32.6 Å². The molecule has 1 saturated carbocycles. The molecule has 0 bridgehead atoms. The fourth-order valence-corrected chi connectivity index (χ4v) is 4.57. The van der Waals surface area contributed by atoms with E-state index in [1.807, 2.05) is 25.2 Å². The van der Waals surface area contributed by atoms with Gasteiger partial charge < -0.3 is 19.7 Å². The molecule has 2 N–H and O–H groups in total. The van der Waals surface area contributed by atoms with Crippen molar-refractivity contribution in [2.75, 3.05) is 13.2 Å². The summed E-state index contributed by atoms with van der Waals surface area (Å²) in [6.45, 7) is 5.02. The van der Waals surface area contributed by atoms with Crippen LogP contribution in [-0.4, -0.2) is 40.8 Å². The lowest BCUT2D eigenvalue weighted by atomic mass is 9.84. The molecule has 1 spiro atoms. The lowest BCUT2D eigenvalue weighted by molar-refractivity contribution is -0.184. The summed E-state index contributed by atoms with van der Waals surface area (Å²) < 4.78 is 12.0. The summed E-state index contributed by atoms with van der Waals surface area (Å²) in [7, 11) is 0. The highest BCUT2D eigenvalue weighted by molar-refractivity contribution is 5.66. The third kappa shape index (κ3) is 6.94. The van der Waals surface area contributed by atoms with E-state index in [1.165, 1.54) is 0 Å². The van der Waals surface area contributed by atoms with E-state index in [1.54, 1.807) is 0 Å². The van der Waals surface area contributed by atoms with Crippen LogP contribution in [0.1, 0.15) is 71.6 Å². The van der Waals surface area contributed by atoms with Crippen molar-refractivity contribution in [1.29, 1.82) is 5.26 Å². The van der Waals surface area contributed by atoms with Gasteiger partial charge in [-0.1, -0.05) is 50.5 Å². The van der Waals surface area contributed by atoms with Gasteiger partial charge in [-0.15, -0.1) is 0 Å². The number of rotatable bonds is 12. The molecule has 1 saturated heterocycles. The molecule has 168 valence electrons. The number of nitrogens with zero attached hydrogens (tertiary/aromatic N) is 1. The third-order valence-corrected chi connectivity index (χ3v) is 6.22. The predicted octanol–water partition coefficient (Wildman–Crippen LogP) is 4.59. The molecule has 1 aliphatic heterocycles. The summed E-state index contributed by atoms with van der Waals surface area (Å²) in [6, 6.07) is 2.42. The Morgan fingerprint density at radius 2 is 2.00 bits per heavy atom. The van der Waals surface area contributed by atoms with Crippen LogP contribution in [0.5, 0.6) is 0 Å². The van der Waals surface area contributed by atoms with Gasteiger partial charge in [0.15, 0.2) is 5.79 Å². The summed E-state index contributed by atoms with van der Waals surface area (Å²) in [4.78, 5) is 10.6. The van der Waals surface area contributed by atoms with Crippen LogP contribution < -0.4 is 0 Å².